The molecule has 0 aliphatic rings. The SMILES string of the molecule is CCOCCn1nc(CNC)c2nc(Cl)nc(Nc3ccncn3)c21. The van der Waals surface area contributed by atoms with Crippen molar-refractivity contribution < 1.29 is 4.74 Å². The van der Waals surface area contributed by atoms with Crippen LogP contribution in [-0.2, 0) is 17.8 Å². The zero-order chi connectivity index (χ0) is 17.6. The number of ether oxygens (including phenoxy) is 1. The third-order valence-electron chi connectivity index (χ3n) is 3.45. The van der Waals surface area contributed by atoms with E-state index in [1.807, 2.05) is 18.7 Å². The zero-order valence-corrected chi connectivity index (χ0v) is 14.8. The lowest BCUT2D eigenvalue weighted by Crippen LogP contribution is -2.10. The lowest BCUT2D eigenvalue weighted by Gasteiger charge is -2.09. The third kappa shape index (κ3) is 4.01. The van der Waals surface area contributed by atoms with Crippen LogP contribution in [0.1, 0.15) is 12.6 Å². The first-order valence-electron chi connectivity index (χ1n) is 7.91. The number of nitrogens with one attached hydrogen (secondary N) is 2. The van der Waals surface area contributed by atoms with Gasteiger partial charge in [0.2, 0.25) is 5.28 Å². The maximum absolute atomic E-state index is 6.12. The molecule has 3 aromatic rings. The maximum atomic E-state index is 6.12. The Morgan fingerprint density at radius 1 is 1.32 bits per heavy atom. The first-order valence-corrected chi connectivity index (χ1v) is 8.29. The number of hydrogen-bond acceptors (Lipinski definition) is 8. The summed E-state index contributed by atoms with van der Waals surface area (Å²) in [5.74, 6) is 1.15. The Kier molecular flexibility index (Phi) is 5.69. The summed E-state index contributed by atoms with van der Waals surface area (Å²) < 4.78 is 7.28. The molecule has 132 valence electrons. The van der Waals surface area contributed by atoms with Gasteiger partial charge in [-0.15, -0.1) is 0 Å². The van der Waals surface area contributed by atoms with Crippen molar-refractivity contribution in [1.29, 1.82) is 0 Å². The fraction of sp³-hybridized carbons (Fsp3) is 0.400. The first kappa shape index (κ1) is 17.5. The molecule has 0 aliphatic heterocycles. The molecule has 25 heavy (non-hydrogen) atoms. The molecule has 0 saturated carbocycles. The van der Waals surface area contributed by atoms with E-state index in [0.717, 1.165) is 11.2 Å². The van der Waals surface area contributed by atoms with Crippen LogP contribution >= 0.6 is 11.6 Å². The number of nitrogens with zero attached hydrogens (tertiary/aromatic N) is 6. The number of hydrogen-bond donors (Lipinski definition) is 2. The number of fused-ring (bicyclic) bond motifs is 1. The van der Waals surface area contributed by atoms with E-state index >= 15 is 0 Å². The number of halogens is 1. The monoisotopic (exact) mass is 362 g/mol. The van der Waals surface area contributed by atoms with E-state index < -0.39 is 0 Å². The highest BCUT2D eigenvalue weighted by atomic mass is 35.5. The minimum atomic E-state index is 0.144. The van der Waals surface area contributed by atoms with Crippen LogP contribution in [-0.4, -0.2) is 50.0 Å². The van der Waals surface area contributed by atoms with E-state index in [2.05, 4.69) is 35.7 Å². The van der Waals surface area contributed by atoms with Crippen molar-refractivity contribution in [3.63, 3.8) is 0 Å². The van der Waals surface area contributed by atoms with Crippen LogP contribution < -0.4 is 10.6 Å². The van der Waals surface area contributed by atoms with E-state index in [1.54, 1.807) is 12.3 Å². The molecule has 3 heterocycles. The lowest BCUT2D eigenvalue weighted by molar-refractivity contribution is 0.137. The molecule has 0 aromatic carbocycles. The van der Waals surface area contributed by atoms with Gasteiger partial charge in [0.05, 0.1) is 13.2 Å². The topological polar surface area (TPSA) is 103 Å². The molecular weight excluding hydrogens is 344 g/mol. The van der Waals surface area contributed by atoms with Gasteiger partial charge in [0, 0.05) is 19.3 Å². The molecule has 0 spiro atoms. The highest BCUT2D eigenvalue weighted by molar-refractivity contribution is 6.28. The van der Waals surface area contributed by atoms with Crippen molar-refractivity contribution in [3.05, 3.63) is 29.6 Å². The molecule has 0 aliphatic carbocycles. The van der Waals surface area contributed by atoms with Gasteiger partial charge in [0.15, 0.2) is 5.82 Å². The minimum absolute atomic E-state index is 0.144. The van der Waals surface area contributed by atoms with E-state index in [9.17, 15) is 0 Å². The Balaban J connectivity index is 2.07. The maximum Gasteiger partial charge on any atom is 0.225 e. The quantitative estimate of drug-likeness (QED) is 0.461. The first-order chi connectivity index (χ1) is 12.2. The summed E-state index contributed by atoms with van der Waals surface area (Å²) in [4.78, 5) is 16.8. The van der Waals surface area contributed by atoms with E-state index in [1.165, 1.54) is 6.33 Å². The Morgan fingerprint density at radius 3 is 2.92 bits per heavy atom. The van der Waals surface area contributed by atoms with Gasteiger partial charge < -0.3 is 15.4 Å². The molecule has 0 bridgehead atoms. The molecule has 0 saturated heterocycles. The van der Waals surface area contributed by atoms with Crippen molar-refractivity contribution in [1.82, 2.24) is 35.0 Å². The summed E-state index contributed by atoms with van der Waals surface area (Å²) in [5.41, 5.74) is 2.25. The second-order valence-electron chi connectivity index (χ2n) is 5.16. The predicted molar refractivity (Wildman–Crippen MR) is 94.9 cm³/mol. The van der Waals surface area contributed by atoms with Crippen molar-refractivity contribution in [3.8, 4) is 0 Å². The van der Waals surface area contributed by atoms with Crippen LogP contribution in [0.4, 0.5) is 11.6 Å². The molecule has 2 N–H and O–H groups in total. The summed E-state index contributed by atoms with van der Waals surface area (Å²) >= 11 is 6.12. The van der Waals surface area contributed by atoms with E-state index in [-0.39, 0.29) is 5.28 Å². The van der Waals surface area contributed by atoms with Crippen molar-refractivity contribution >= 4 is 34.3 Å². The molecule has 0 amide bonds. The van der Waals surface area contributed by atoms with E-state index in [4.69, 9.17) is 16.3 Å². The van der Waals surface area contributed by atoms with Gasteiger partial charge in [-0.2, -0.15) is 10.1 Å². The standard InChI is InChI=1S/C15H19ClN8O/c1-3-25-7-6-24-13-12(10(23-24)8-17-2)21-15(16)22-14(13)20-11-4-5-18-9-19-11/h4-5,9,17H,3,6-8H2,1-2H3,(H,18,19,20,21,22). The summed E-state index contributed by atoms with van der Waals surface area (Å²) in [6.07, 6.45) is 3.11. The predicted octanol–water partition coefficient (Wildman–Crippen LogP) is 1.77. The van der Waals surface area contributed by atoms with Gasteiger partial charge in [0.1, 0.15) is 28.9 Å². The molecule has 0 radical (unpaired) electrons. The largest absolute Gasteiger partial charge is 0.380 e. The smallest absolute Gasteiger partial charge is 0.225 e. The lowest BCUT2D eigenvalue weighted by atomic mass is 10.3. The minimum Gasteiger partial charge on any atom is -0.380 e. The second kappa shape index (κ2) is 8.15. The molecule has 3 aromatic heterocycles. The fourth-order valence-corrected chi connectivity index (χ4v) is 2.60. The number of anilines is 2. The number of rotatable bonds is 8. The van der Waals surface area contributed by atoms with Crippen LogP contribution in [0.25, 0.3) is 11.0 Å². The van der Waals surface area contributed by atoms with Crippen LogP contribution in [0.2, 0.25) is 5.28 Å². The molecule has 0 atom stereocenters. The second-order valence-corrected chi connectivity index (χ2v) is 5.49. The van der Waals surface area contributed by atoms with Gasteiger partial charge in [-0.25, -0.2) is 15.0 Å². The molecule has 0 unspecified atom stereocenters. The normalized spacial score (nSPS) is 11.2. The van der Waals surface area contributed by atoms with Gasteiger partial charge in [-0.05, 0) is 31.6 Å². The Labute approximate surface area is 149 Å². The highest BCUT2D eigenvalue weighted by Crippen LogP contribution is 2.27. The molecular formula is C15H19ClN8O. The fourth-order valence-electron chi connectivity index (χ4n) is 2.43. The average molecular weight is 363 g/mol. The van der Waals surface area contributed by atoms with Crippen molar-refractivity contribution in [2.24, 2.45) is 0 Å². The van der Waals surface area contributed by atoms with Crippen molar-refractivity contribution in [2.75, 3.05) is 25.6 Å². The summed E-state index contributed by atoms with van der Waals surface area (Å²) in [7, 11) is 1.86. The molecule has 10 heteroatoms. The van der Waals surface area contributed by atoms with Gasteiger partial charge in [0.25, 0.3) is 0 Å². The molecule has 9 nitrogen and oxygen atoms in total. The van der Waals surface area contributed by atoms with Crippen LogP contribution in [0.15, 0.2) is 18.6 Å². The Bertz CT molecular complexity index is 838. The van der Waals surface area contributed by atoms with E-state index in [0.29, 0.717) is 43.5 Å². The Morgan fingerprint density at radius 2 is 2.20 bits per heavy atom. The van der Waals surface area contributed by atoms with Gasteiger partial charge >= 0.3 is 0 Å². The zero-order valence-electron chi connectivity index (χ0n) is 14.0. The van der Waals surface area contributed by atoms with Gasteiger partial charge in [-0.3, -0.25) is 4.68 Å². The summed E-state index contributed by atoms with van der Waals surface area (Å²) in [5, 5.41) is 11.0. The number of aromatic nitrogens is 6. The summed E-state index contributed by atoms with van der Waals surface area (Å²) in [6, 6.07) is 1.75. The molecule has 3 rings (SSSR count). The van der Waals surface area contributed by atoms with Crippen LogP contribution in [0.3, 0.4) is 0 Å². The third-order valence-corrected chi connectivity index (χ3v) is 3.62. The Hall–Kier alpha value is -2.36. The average Bonchev–Trinajstić information content (AvgIpc) is 2.94. The van der Waals surface area contributed by atoms with Crippen LogP contribution in [0, 0.1) is 0 Å². The van der Waals surface area contributed by atoms with Gasteiger partial charge in [-0.1, -0.05) is 0 Å². The summed E-state index contributed by atoms with van der Waals surface area (Å²) in [6.45, 7) is 4.30. The van der Waals surface area contributed by atoms with Crippen LogP contribution in [0.5, 0.6) is 0 Å². The van der Waals surface area contributed by atoms with Crippen molar-refractivity contribution in [2.45, 2.75) is 20.0 Å². The molecule has 0 fully saturated rings. The highest BCUT2D eigenvalue weighted by Gasteiger charge is 2.18.